The highest BCUT2D eigenvalue weighted by molar-refractivity contribution is 9.10. The molecule has 0 heterocycles. The Morgan fingerprint density at radius 3 is 2.44 bits per heavy atom. The molecule has 7 heteroatoms. The van der Waals surface area contributed by atoms with Crippen LogP contribution < -0.4 is 10.7 Å². The van der Waals surface area contributed by atoms with Gasteiger partial charge >= 0.3 is 0 Å². The van der Waals surface area contributed by atoms with Crippen molar-refractivity contribution in [2.45, 2.75) is 19.3 Å². The number of carbonyl (C=O) groups excluding carboxylic acids is 2. The van der Waals surface area contributed by atoms with Gasteiger partial charge in [-0.2, -0.15) is 5.10 Å². The van der Waals surface area contributed by atoms with Crippen LogP contribution in [0.5, 0.6) is 0 Å². The fraction of sp³-hybridized carbons (Fsp3) is 0.167. The smallest absolute Gasteiger partial charge is 0.240 e. The molecule has 2 N–H and O–H groups in total. The van der Waals surface area contributed by atoms with Crippen LogP contribution >= 0.6 is 27.5 Å². The van der Waals surface area contributed by atoms with Crippen molar-refractivity contribution in [3.05, 3.63) is 63.6 Å². The van der Waals surface area contributed by atoms with Crippen LogP contribution in [0.1, 0.15) is 24.8 Å². The molecule has 0 unspecified atom stereocenters. The highest BCUT2D eigenvalue weighted by atomic mass is 79.9. The van der Waals surface area contributed by atoms with E-state index in [2.05, 4.69) is 31.8 Å². The maximum Gasteiger partial charge on any atom is 0.240 e. The van der Waals surface area contributed by atoms with Gasteiger partial charge in [0.05, 0.1) is 6.21 Å². The van der Waals surface area contributed by atoms with Crippen molar-refractivity contribution in [2.75, 3.05) is 5.32 Å². The Hall–Kier alpha value is -2.18. The van der Waals surface area contributed by atoms with Crippen molar-refractivity contribution in [3.8, 4) is 0 Å². The number of amides is 2. The van der Waals surface area contributed by atoms with Crippen LogP contribution in [0.25, 0.3) is 0 Å². The summed E-state index contributed by atoms with van der Waals surface area (Å²) in [5, 5.41) is 7.20. The van der Waals surface area contributed by atoms with Crippen LogP contribution in [0.15, 0.2) is 58.1 Å². The van der Waals surface area contributed by atoms with Gasteiger partial charge in [0.15, 0.2) is 0 Å². The third kappa shape index (κ3) is 7.07. The molecule has 5 nitrogen and oxygen atoms in total. The molecule has 130 valence electrons. The lowest BCUT2D eigenvalue weighted by atomic mass is 10.2. The standard InChI is InChI=1S/C18H17BrClN3O2/c19-14-8-10-15(11-9-14)22-17(24)6-3-7-18(25)23-21-12-13-4-1-2-5-16(13)20/h1-2,4-5,8-12H,3,6-7H2,(H,22,24)(H,23,25)/b21-12+. The summed E-state index contributed by atoms with van der Waals surface area (Å²) in [6.07, 6.45) is 2.40. The van der Waals surface area contributed by atoms with Gasteiger partial charge in [0, 0.05) is 33.6 Å². The van der Waals surface area contributed by atoms with Gasteiger partial charge < -0.3 is 5.32 Å². The van der Waals surface area contributed by atoms with E-state index in [0.29, 0.717) is 11.4 Å². The largest absolute Gasteiger partial charge is 0.326 e. The maximum atomic E-state index is 11.8. The summed E-state index contributed by atoms with van der Waals surface area (Å²) < 4.78 is 0.944. The van der Waals surface area contributed by atoms with Crippen molar-refractivity contribution in [2.24, 2.45) is 5.10 Å². The summed E-state index contributed by atoms with van der Waals surface area (Å²) in [6, 6.07) is 14.5. The Balaban J connectivity index is 1.67. The summed E-state index contributed by atoms with van der Waals surface area (Å²) in [5.41, 5.74) is 3.87. The predicted molar refractivity (Wildman–Crippen MR) is 104 cm³/mol. The van der Waals surface area contributed by atoms with Crippen LogP contribution in [0, 0.1) is 0 Å². The van der Waals surface area contributed by atoms with Gasteiger partial charge in [0.2, 0.25) is 11.8 Å². The third-order valence-corrected chi connectivity index (χ3v) is 4.11. The van der Waals surface area contributed by atoms with Crippen LogP contribution in [0.3, 0.4) is 0 Å². The minimum Gasteiger partial charge on any atom is -0.326 e. The van der Waals surface area contributed by atoms with Gasteiger partial charge in [0.25, 0.3) is 0 Å². The van der Waals surface area contributed by atoms with E-state index in [9.17, 15) is 9.59 Å². The molecule has 25 heavy (non-hydrogen) atoms. The van der Waals surface area contributed by atoms with Crippen LogP contribution in [-0.4, -0.2) is 18.0 Å². The van der Waals surface area contributed by atoms with E-state index in [1.807, 2.05) is 24.3 Å². The van der Waals surface area contributed by atoms with E-state index in [1.54, 1.807) is 24.3 Å². The van der Waals surface area contributed by atoms with Crippen molar-refractivity contribution in [3.63, 3.8) is 0 Å². The summed E-state index contributed by atoms with van der Waals surface area (Å²) in [5.74, 6) is -0.380. The number of halogens is 2. The molecule has 0 radical (unpaired) electrons. The molecule has 0 aliphatic carbocycles. The average Bonchev–Trinajstić information content (AvgIpc) is 2.59. The molecule has 0 aliphatic rings. The van der Waals surface area contributed by atoms with Gasteiger partial charge in [-0.15, -0.1) is 0 Å². The molecule has 0 aromatic heterocycles. The van der Waals surface area contributed by atoms with E-state index in [-0.39, 0.29) is 24.7 Å². The Morgan fingerprint density at radius 1 is 1.04 bits per heavy atom. The van der Waals surface area contributed by atoms with Crippen molar-refractivity contribution in [1.29, 1.82) is 0 Å². The first-order chi connectivity index (χ1) is 12.0. The highest BCUT2D eigenvalue weighted by Gasteiger charge is 2.05. The molecule has 2 rings (SSSR count). The number of nitrogens with zero attached hydrogens (tertiary/aromatic N) is 1. The topological polar surface area (TPSA) is 70.6 Å². The fourth-order valence-electron chi connectivity index (χ4n) is 1.98. The minimum atomic E-state index is -0.250. The summed E-state index contributed by atoms with van der Waals surface area (Å²) >= 11 is 9.32. The first-order valence-electron chi connectivity index (χ1n) is 7.66. The lowest BCUT2D eigenvalue weighted by molar-refractivity contribution is -0.121. The number of carbonyl (C=O) groups is 2. The molecular formula is C18H17BrClN3O2. The maximum absolute atomic E-state index is 11.8. The number of benzene rings is 2. The average molecular weight is 423 g/mol. The Labute approximate surface area is 159 Å². The molecule has 0 fully saturated rings. The predicted octanol–water partition coefficient (Wildman–Crippen LogP) is 4.36. The van der Waals surface area contributed by atoms with Gasteiger partial charge in [-0.1, -0.05) is 45.7 Å². The zero-order valence-corrected chi connectivity index (χ0v) is 15.7. The molecule has 0 spiro atoms. The van der Waals surface area contributed by atoms with E-state index in [1.165, 1.54) is 6.21 Å². The molecule has 0 atom stereocenters. The van der Waals surface area contributed by atoms with Crippen LogP contribution in [-0.2, 0) is 9.59 Å². The summed E-state index contributed by atoms with van der Waals surface area (Å²) in [7, 11) is 0. The third-order valence-electron chi connectivity index (χ3n) is 3.23. The van der Waals surface area contributed by atoms with Crippen LogP contribution in [0.4, 0.5) is 5.69 Å². The zero-order chi connectivity index (χ0) is 18.1. The second-order valence-corrected chi connectivity index (χ2v) is 6.55. The number of hydrazone groups is 1. The highest BCUT2D eigenvalue weighted by Crippen LogP contribution is 2.14. The van der Waals surface area contributed by atoms with Gasteiger partial charge in [-0.25, -0.2) is 5.43 Å². The molecule has 0 bridgehead atoms. The van der Waals surface area contributed by atoms with Gasteiger partial charge in [0.1, 0.15) is 0 Å². The molecule has 2 aromatic carbocycles. The summed E-state index contributed by atoms with van der Waals surface area (Å²) in [6.45, 7) is 0. The Morgan fingerprint density at radius 2 is 1.72 bits per heavy atom. The number of anilines is 1. The van der Waals surface area contributed by atoms with E-state index >= 15 is 0 Å². The Kier molecular flexibility index (Phi) is 7.63. The zero-order valence-electron chi connectivity index (χ0n) is 13.3. The number of rotatable bonds is 7. The number of hydrogen-bond donors (Lipinski definition) is 2. The fourth-order valence-corrected chi connectivity index (χ4v) is 2.42. The van der Waals surface area contributed by atoms with E-state index in [4.69, 9.17) is 11.6 Å². The minimum absolute atomic E-state index is 0.130. The molecule has 0 saturated heterocycles. The second-order valence-electron chi connectivity index (χ2n) is 5.22. The molecule has 0 saturated carbocycles. The quantitative estimate of drug-likeness (QED) is 0.514. The molecule has 0 aliphatic heterocycles. The van der Waals surface area contributed by atoms with Crippen LogP contribution in [0.2, 0.25) is 5.02 Å². The molecular weight excluding hydrogens is 406 g/mol. The van der Waals surface area contributed by atoms with Crippen molar-refractivity contribution < 1.29 is 9.59 Å². The number of hydrogen-bond acceptors (Lipinski definition) is 3. The Bertz CT molecular complexity index is 763. The SMILES string of the molecule is O=C(CCCC(=O)Nc1ccc(Br)cc1)N/N=C/c1ccccc1Cl. The van der Waals surface area contributed by atoms with Crippen molar-refractivity contribution >= 4 is 51.2 Å². The van der Waals surface area contributed by atoms with Gasteiger partial charge in [-0.3, -0.25) is 9.59 Å². The van der Waals surface area contributed by atoms with E-state index in [0.717, 1.165) is 15.7 Å². The first kappa shape index (κ1) is 19.1. The summed E-state index contributed by atoms with van der Waals surface area (Å²) in [4.78, 5) is 23.5. The first-order valence-corrected chi connectivity index (χ1v) is 8.83. The van der Waals surface area contributed by atoms with Gasteiger partial charge in [-0.05, 0) is 36.8 Å². The monoisotopic (exact) mass is 421 g/mol. The lowest BCUT2D eigenvalue weighted by Crippen LogP contribution is -2.18. The van der Waals surface area contributed by atoms with E-state index < -0.39 is 0 Å². The molecule has 2 amide bonds. The second kappa shape index (κ2) is 9.96. The molecule has 2 aromatic rings. The normalized spacial score (nSPS) is 10.6. The lowest BCUT2D eigenvalue weighted by Gasteiger charge is -2.05. The van der Waals surface area contributed by atoms with Crippen molar-refractivity contribution in [1.82, 2.24) is 5.43 Å². The number of nitrogens with one attached hydrogen (secondary N) is 2.